The molecule has 2 aromatic carbocycles. The molecular formula is C20H26N4O3. The molecule has 0 unspecified atom stereocenters. The van der Waals surface area contributed by atoms with E-state index < -0.39 is 6.03 Å². The first-order valence-electron chi connectivity index (χ1n) is 8.82. The third-order valence-corrected chi connectivity index (χ3v) is 3.97. The molecule has 2 aromatic rings. The minimum atomic E-state index is -0.569. The molecule has 0 aliphatic carbocycles. The van der Waals surface area contributed by atoms with E-state index in [1.165, 1.54) is 5.56 Å². The van der Waals surface area contributed by atoms with Gasteiger partial charge < -0.3 is 15.8 Å². The van der Waals surface area contributed by atoms with E-state index >= 15 is 0 Å². The van der Waals surface area contributed by atoms with Gasteiger partial charge in [-0.2, -0.15) is 0 Å². The highest BCUT2D eigenvalue weighted by atomic mass is 16.5. The number of benzene rings is 2. The number of ether oxygens (including phenoxy) is 1. The van der Waals surface area contributed by atoms with Crippen molar-refractivity contribution in [2.24, 2.45) is 5.73 Å². The summed E-state index contributed by atoms with van der Waals surface area (Å²) < 4.78 is 5.06. The van der Waals surface area contributed by atoms with Gasteiger partial charge in [-0.1, -0.05) is 30.3 Å². The Balaban J connectivity index is 1.80. The molecule has 0 aliphatic heterocycles. The van der Waals surface area contributed by atoms with E-state index in [1.807, 2.05) is 35.2 Å². The number of hydrogen-bond donors (Lipinski definition) is 3. The van der Waals surface area contributed by atoms with Crippen LogP contribution >= 0.6 is 0 Å². The summed E-state index contributed by atoms with van der Waals surface area (Å²) >= 11 is 0. The molecule has 0 heterocycles. The van der Waals surface area contributed by atoms with Crippen LogP contribution in [0.25, 0.3) is 0 Å². The highest BCUT2D eigenvalue weighted by Gasteiger charge is 2.13. The average Bonchev–Trinajstić information content (AvgIpc) is 2.67. The smallest absolute Gasteiger partial charge is 0.325 e. The topological polar surface area (TPSA) is 96.7 Å². The largest absolute Gasteiger partial charge is 0.497 e. The number of hydrogen-bond acceptors (Lipinski definition) is 5. The van der Waals surface area contributed by atoms with Crippen LogP contribution in [0.5, 0.6) is 5.75 Å². The molecule has 0 bridgehead atoms. The molecule has 2 rings (SSSR count). The molecule has 7 nitrogen and oxygen atoms in total. The predicted molar refractivity (Wildman–Crippen MR) is 106 cm³/mol. The Morgan fingerprint density at radius 1 is 1.04 bits per heavy atom. The summed E-state index contributed by atoms with van der Waals surface area (Å²) in [6, 6.07) is 16.3. The maximum atomic E-state index is 12.2. The second-order valence-corrected chi connectivity index (χ2v) is 6.03. The molecule has 4 N–H and O–H groups in total. The van der Waals surface area contributed by atoms with Crippen molar-refractivity contribution in [3.05, 3.63) is 60.2 Å². The van der Waals surface area contributed by atoms with Gasteiger partial charge in [0.1, 0.15) is 5.75 Å². The highest BCUT2D eigenvalue weighted by molar-refractivity contribution is 6.01. The lowest BCUT2D eigenvalue weighted by Crippen LogP contribution is -2.43. The van der Waals surface area contributed by atoms with Crippen molar-refractivity contribution in [3.63, 3.8) is 0 Å². The minimum absolute atomic E-state index is 0.111. The Bertz CT molecular complexity index is 720. The van der Waals surface area contributed by atoms with Crippen LogP contribution in [-0.2, 0) is 11.2 Å². The minimum Gasteiger partial charge on any atom is -0.497 e. The first-order chi connectivity index (χ1) is 13.1. The Morgan fingerprint density at radius 3 is 2.37 bits per heavy atom. The molecule has 0 fully saturated rings. The Morgan fingerprint density at radius 2 is 1.74 bits per heavy atom. The van der Waals surface area contributed by atoms with Crippen molar-refractivity contribution in [2.75, 3.05) is 38.6 Å². The van der Waals surface area contributed by atoms with Crippen LogP contribution in [0.2, 0.25) is 0 Å². The zero-order valence-electron chi connectivity index (χ0n) is 15.5. The van der Waals surface area contributed by atoms with E-state index in [0.29, 0.717) is 31.1 Å². The number of amides is 3. The maximum absolute atomic E-state index is 12.2. The molecule has 0 saturated carbocycles. The molecular weight excluding hydrogens is 344 g/mol. The van der Waals surface area contributed by atoms with Crippen molar-refractivity contribution in [1.82, 2.24) is 10.2 Å². The fraction of sp³-hybridized carbons (Fsp3) is 0.300. The predicted octanol–water partition coefficient (Wildman–Crippen LogP) is 1.85. The van der Waals surface area contributed by atoms with E-state index in [4.69, 9.17) is 10.5 Å². The van der Waals surface area contributed by atoms with E-state index in [1.54, 1.807) is 31.4 Å². The van der Waals surface area contributed by atoms with Crippen molar-refractivity contribution in [1.29, 1.82) is 0 Å². The molecule has 144 valence electrons. The summed E-state index contributed by atoms with van der Waals surface area (Å²) in [6.45, 7) is 1.83. The van der Waals surface area contributed by atoms with Crippen LogP contribution in [0.3, 0.4) is 0 Å². The summed E-state index contributed by atoms with van der Waals surface area (Å²) in [6.07, 6.45) is 0.812. The van der Waals surface area contributed by atoms with Crippen molar-refractivity contribution < 1.29 is 14.3 Å². The fourth-order valence-electron chi connectivity index (χ4n) is 2.59. The lowest BCUT2D eigenvalue weighted by molar-refractivity contribution is -0.121. The summed E-state index contributed by atoms with van der Waals surface area (Å²) in [5.41, 5.74) is 7.40. The molecule has 0 radical (unpaired) electrons. The monoisotopic (exact) mass is 370 g/mol. The van der Waals surface area contributed by atoms with E-state index in [0.717, 1.165) is 6.42 Å². The Labute approximate surface area is 159 Å². The number of carbonyl (C=O) groups excluding carboxylic acids is 2. The number of rotatable bonds is 9. The number of nitrogens with two attached hydrogens (primary N) is 1. The van der Waals surface area contributed by atoms with Gasteiger partial charge in [0.05, 0.1) is 13.7 Å². The second kappa shape index (κ2) is 10.9. The van der Waals surface area contributed by atoms with Crippen LogP contribution in [0, 0.1) is 0 Å². The van der Waals surface area contributed by atoms with Crippen molar-refractivity contribution >= 4 is 17.6 Å². The Hall–Kier alpha value is -2.90. The van der Waals surface area contributed by atoms with Gasteiger partial charge in [0.2, 0.25) is 5.91 Å². The van der Waals surface area contributed by atoms with Crippen LogP contribution in [0.15, 0.2) is 54.6 Å². The first-order valence-corrected chi connectivity index (χ1v) is 8.82. The summed E-state index contributed by atoms with van der Waals surface area (Å²) in [5, 5.41) is 4.96. The van der Waals surface area contributed by atoms with Gasteiger partial charge in [0.25, 0.3) is 0 Å². The van der Waals surface area contributed by atoms with Crippen molar-refractivity contribution in [3.8, 4) is 5.75 Å². The third kappa shape index (κ3) is 7.47. The summed E-state index contributed by atoms with van der Waals surface area (Å²) in [7, 11) is 1.57. The molecule has 0 spiro atoms. The van der Waals surface area contributed by atoms with E-state index in [2.05, 4.69) is 10.6 Å². The highest BCUT2D eigenvalue weighted by Crippen LogP contribution is 2.14. The molecule has 0 aliphatic rings. The molecule has 7 heteroatoms. The van der Waals surface area contributed by atoms with E-state index in [-0.39, 0.29) is 12.5 Å². The van der Waals surface area contributed by atoms with Gasteiger partial charge in [0, 0.05) is 25.3 Å². The number of urea groups is 1. The molecule has 27 heavy (non-hydrogen) atoms. The zero-order valence-corrected chi connectivity index (χ0v) is 15.5. The van der Waals surface area contributed by atoms with E-state index in [9.17, 15) is 9.59 Å². The van der Waals surface area contributed by atoms with Gasteiger partial charge in [-0.25, -0.2) is 4.79 Å². The van der Waals surface area contributed by atoms with Crippen LogP contribution in [-0.4, -0.2) is 50.1 Å². The summed E-state index contributed by atoms with van der Waals surface area (Å²) in [5.74, 6) is 0.315. The van der Waals surface area contributed by atoms with Crippen LogP contribution in [0.1, 0.15) is 5.56 Å². The molecule has 3 amide bonds. The van der Waals surface area contributed by atoms with Gasteiger partial charge in [-0.05, 0) is 36.2 Å². The van der Waals surface area contributed by atoms with Crippen molar-refractivity contribution in [2.45, 2.75) is 6.42 Å². The molecule has 0 aromatic heterocycles. The SMILES string of the molecule is COc1ccc(NC(=O)NC(=O)CN(CCN)CCc2ccccc2)cc1. The van der Waals surface area contributed by atoms with Gasteiger partial charge >= 0.3 is 6.03 Å². The third-order valence-electron chi connectivity index (χ3n) is 3.97. The first kappa shape index (κ1) is 20.4. The second-order valence-electron chi connectivity index (χ2n) is 6.03. The zero-order chi connectivity index (χ0) is 19.5. The van der Waals surface area contributed by atoms with Crippen LogP contribution < -0.4 is 21.1 Å². The Kier molecular flexibility index (Phi) is 8.28. The summed E-state index contributed by atoms with van der Waals surface area (Å²) in [4.78, 5) is 26.1. The van der Waals surface area contributed by atoms with Gasteiger partial charge in [0.15, 0.2) is 0 Å². The number of imide groups is 1. The van der Waals surface area contributed by atoms with Crippen LogP contribution in [0.4, 0.5) is 10.5 Å². The fourth-order valence-corrected chi connectivity index (χ4v) is 2.59. The number of nitrogens with zero attached hydrogens (tertiary/aromatic N) is 1. The normalized spacial score (nSPS) is 10.5. The quantitative estimate of drug-likeness (QED) is 0.626. The lowest BCUT2D eigenvalue weighted by Gasteiger charge is -2.20. The number of nitrogens with one attached hydrogen (secondary N) is 2. The maximum Gasteiger partial charge on any atom is 0.325 e. The number of carbonyl (C=O) groups is 2. The average molecular weight is 370 g/mol. The number of anilines is 1. The number of methoxy groups -OCH3 is 1. The molecule has 0 saturated heterocycles. The van der Waals surface area contributed by atoms with Gasteiger partial charge in [-0.15, -0.1) is 0 Å². The molecule has 0 atom stereocenters. The van der Waals surface area contributed by atoms with Gasteiger partial charge in [-0.3, -0.25) is 15.0 Å². The lowest BCUT2D eigenvalue weighted by atomic mass is 10.1. The standard InChI is InChI=1S/C20H26N4O3/c1-27-18-9-7-17(8-10-18)22-20(26)23-19(25)15-24(14-12-21)13-11-16-5-3-2-4-6-16/h2-10H,11-15,21H2,1H3,(H2,22,23,25,26).